The first-order chi connectivity index (χ1) is 12.5. The summed E-state index contributed by atoms with van der Waals surface area (Å²) >= 11 is 0. The highest BCUT2D eigenvalue weighted by atomic mass is 19.4. The number of piperidine rings is 1. The number of halogens is 3. The van der Waals surface area contributed by atoms with Gasteiger partial charge in [0.2, 0.25) is 0 Å². The fourth-order valence-electron chi connectivity index (χ4n) is 3.27. The molecule has 1 aliphatic heterocycles. The Morgan fingerprint density at radius 1 is 1.19 bits per heavy atom. The van der Waals surface area contributed by atoms with Crippen LogP contribution in [-0.4, -0.2) is 33.1 Å². The summed E-state index contributed by atoms with van der Waals surface area (Å²) in [6.45, 7) is 7.41. The predicted molar refractivity (Wildman–Crippen MR) is 96.1 cm³/mol. The molecule has 0 unspecified atom stereocenters. The number of hydrogen-bond donors (Lipinski definition) is 1. The average molecular weight is 382 g/mol. The van der Waals surface area contributed by atoms with Gasteiger partial charge in [-0.1, -0.05) is 5.21 Å². The van der Waals surface area contributed by atoms with Crippen molar-refractivity contribution < 1.29 is 13.2 Å². The molecule has 0 spiro atoms. The number of nitrogens with zero attached hydrogens (tertiary/aromatic N) is 5. The van der Waals surface area contributed by atoms with E-state index in [-0.39, 0.29) is 0 Å². The van der Waals surface area contributed by atoms with Gasteiger partial charge < -0.3 is 10.6 Å². The minimum absolute atomic E-state index is 0.376. The summed E-state index contributed by atoms with van der Waals surface area (Å²) in [7, 11) is 0. The van der Waals surface area contributed by atoms with Gasteiger partial charge in [-0.2, -0.15) is 13.2 Å². The first-order valence-corrected chi connectivity index (χ1v) is 9.03. The predicted octanol–water partition coefficient (Wildman–Crippen LogP) is 3.11. The number of anilines is 1. The zero-order valence-electron chi connectivity index (χ0n) is 15.8. The molecule has 0 aliphatic carbocycles. The van der Waals surface area contributed by atoms with Gasteiger partial charge in [-0.25, -0.2) is 4.98 Å². The lowest BCUT2D eigenvalue weighted by Gasteiger charge is -2.33. The second kappa shape index (κ2) is 7.10. The van der Waals surface area contributed by atoms with Crippen molar-refractivity contribution in [3.05, 3.63) is 35.3 Å². The summed E-state index contributed by atoms with van der Waals surface area (Å²) in [6, 6.07) is 2.22. The van der Waals surface area contributed by atoms with Crippen molar-refractivity contribution in [1.29, 1.82) is 0 Å². The van der Waals surface area contributed by atoms with Gasteiger partial charge >= 0.3 is 6.18 Å². The first kappa shape index (κ1) is 19.6. The fourth-order valence-corrected chi connectivity index (χ4v) is 3.27. The van der Waals surface area contributed by atoms with Crippen molar-refractivity contribution >= 4 is 5.82 Å². The Balaban J connectivity index is 1.62. The van der Waals surface area contributed by atoms with Gasteiger partial charge in [0.25, 0.3) is 0 Å². The minimum Gasteiger partial charge on any atom is -0.357 e. The van der Waals surface area contributed by atoms with Crippen LogP contribution in [0.25, 0.3) is 0 Å². The third-order valence-corrected chi connectivity index (χ3v) is 4.85. The first-order valence-electron chi connectivity index (χ1n) is 9.03. The molecule has 6 nitrogen and oxygen atoms in total. The highest BCUT2D eigenvalue weighted by Gasteiger charge is 2.32. The Morgan fingerprint density at radius 3 is 2.41 bits per heavy atom. The van der Waals surface area contributed by atoms with Crippen LogP contribution in [0.3, 0.4) is 0 Å². The van der Waals surface area contributed by atoms with Crippen LogP contribution in [0, 0.1) is 12.8 Å². The van der Waals surface area contributed by atoms with E-state index in [1.165, 1.54) is 0 Å². The maximum absolute atomic E-state index is 13.0. The lowest BCUT2D eigenvalue weighted by atomic mass is 9.96. The summed E-state index contributed by atoms with van der Waals surface area (Å²) in [5.41, 5.74) is 5.97. The van der Waals surface area contributed by atoms with Crippen molar-refractivity contribution in [3.63, 3.8) is 0 Å². The number of hydrogen-bond acceptors (Lipinski definition) is 5. The Labute approximate surface area is 156 Å². The Morgan fingerprint density at radius 2 is 1.85 bits per heavy atom. The summed E-state index contributed by atoms with van der Waals surface area (Å²) in [5, 5.41) is 8.26. The number of rotatable bonds is 4. The average Bonchev–Trinajstić information content (AvgIpc) is 3.03. The van der Waals surface area contributed by atoms with Gasteiger partial charge in [0.1, 0.15) is 11.5 Å². The van der Waals surface area contributed by atoms with Crippen LogP contribution in [0.1, 0.15) is 43.6 Å². The van der Waals surface area contributed by atoms with E-state index in [4.69, 9.17) is 5.73 Å². The van der Waals surface area contributed by atoms with Gasteiger partial charge in [-0.05, 0) is 51.7 Å². The van der Waals surface area contributed by atoms with Crippen molar-refractivity contribution in [1.82, 2.24) is 20.0 Å². The van der Waals surface area contributed by atoms with Gasteiger partial charge in [-0.15, -0.1) is 5.10 Å². The zero-order valence-corrected chi connectivity index (χ0v) is 15.8. The van der Waals surface area contributed by atoms with E-state index in [1.807, 2.05) is 24.9 Å². The number of aromatic nitrogens is 4. The third kappa shape index (κ3) is 4.77. The highest BCUT2D eigenvalue weighted by molar-refractivity contribution is 5.44. The molecule has 2 aromatic rings. The number of alkyl halides is 3. The molecule has 148 valence electrons. The van der Waals surface area contributed by atoms with E-state index >= 15 is 0 Å². The molecule has 0 saturated carbocycles. The molecule has 2 N–H and O–H groups in total. The van der Waals surface area contributed by atoms with Gasteiger partial charge in [0.05, 0.1) is 17.3 Å². The largest absolute Gasteiger partial charge is 0.416 e. The van der Waals surface area contributed by atoms with E-state index in [9.17, 15) is 13.2 Å². The molecule has 3 rings (SSSR count). The maximum atomic E-state index is 13.0. The standard InChI is InChI=1S/C18H25F3N6/c1-12-8-14(18(19,20)21)9-16(23-12)26-6-4-13(5-7-26)10-27-11-15(24-25-27)17(2,3)22/h8-9,11,13H,4-7,10,22H2,1-3H3. The monoisotopic (exact) mass is 382 g/mol. The topological polar surface area (TPSA) is 72.9 Å². The van der Waals surface area contributed by atoms with Gasteiger partial charge in [-0.3, -0.25) is 4.68 Å². The Bertz CT molecular complexity index is 785. The number of nitrogens with two attached hydrogens (primary N) is 1. The lowest BCUT2D eigenvalue weighted by molar-refractivity contribution is -0.137. The smallest absolute Gasteiger partial charge is 0.357 e. The van der Waals surface area contributed by atoms with Gasteiger partial charge in [0, 0.05) is 25.3 Å². The molecular weight excluding hydrogens is 357 g/mol. The molecule has 0 atom stereocenters. The fraction of sp³-hybridized carbons (Fsp3) is 0.611. The van der Waals surface area contributed by atoms with E-state index in [2.05, 4.69) is 15.3 Å². The van der Waals surface area contributed by atoms with Gasteiger partial charge in [0.15, 0.2) is 0 Å². The van der Waals surface area contributed by atoms with Crippen LogP contribution in [0.2, 0.25) is 0 Å². The Kier molecular flexibility index (Phi) is 5.16. The molecule has 9 heteroatoms. The number of aryl methyl sites for hydroxylation is 1. The number of pyridine rings is 1. The zero-order chi connectivity index (χ0) is 19.8. The molecule has 1 fully saturated rings. The van der Waals surface area contributed by atoms with E-state index in [0.717, 1.165) is 37.2 Å². The van der Waals surface area contributed by atoms with Crippen LogP contribution < -0.4 is 10.6 Å². The summed E-state index contributed by atoms with van der Waals surface area (Å²) in [5.74, 6) is 0.789. The van der Waals surface area contributed by atoms with E-state index < -0.39 is 17.3 Å². The molecule has 27 heavy (non-hydrogen) atoms. The summed E-state index contributed by atoms with van der Waals surface area (Å²) < 4.78 is 40.9. The highest BCUT2D eigenvalue weighted by Crippen LogP contribution is 2.32. The third-order valence-electron chi connectivity index (χ3n) is 4.85. The van der Waals surface area contributed by atoms with E-state index in [1.54, 1.807) is 11.6 Å². The molecule has 0 bridgehead atoms. The van der Waals surface area contributed by atoms with Crippen LogP contribution in [0.5, 0.6) is 0 Å². The van der Waals surface area contributed by atoms with Crippen molar-refractivity contribution in [3.8, 4) is 0 Å². The summed E-state index contributed by atoms with van der Waals surface area (Å²) in [4.78, 5) is 6.22. The molecule has 1 aliphatic rings. The van der Waals surface area contributed by atoms with E-state index in [0.29, 0.717) is 30.5 Å². The molecule has 1 saturated heterocycles. The normalized spacial score (nSPS) is 16.8. The molecule has 3 heterocycles. The van der Waals surface area contributed by atoms with Crippen molar-refractivity contribution in [2.24, 2.45) is 11.7 Å². The van der Waals surface area contributed by atoms with Crippen LogP contribution in [0.4, 0.5) is 19.0 Å². The maximum Gasteiger partial charge on any atom is 0.416 e. The second-order valence-electron chi connectivity index (χ2n) is 7.83. The van der Waals surface area contributed by atoms with Crippen LogP contribution in [-0.2, 0) is 18.3 Å². The molecule has 0 radical (unpaired) electrons. The molecule has 0 aromatic carbocycles. The Hall–Kier alpha value is -2.16. The second-order valence-corrected chi connectivity index (χ2v) is 7.83. The molecular formula is C18H25F3N6. The van der Waals surface area contributed by atoms with Crippen LogP contribution >= 0.6 is 0 Å². The quantitative estimate of drug-likeness (QED) is 0.880. The van der Waals surface area contributed by atoms with Crippen LogP contribution in [0.15, 0.2) is 18.3 Å². The molecule has 2 aromatic heterocycles. The van der Waals surface area contributed by atoms with Crippen molar-refractivity contribution in [2.45, 2.75) is 51.9 Å². The lowest BCUT2D eigenvalue weighted by Crippen LogP contribution is -2.36. The minimum atomic E-state index is -4.36. The molecule has 0 amide bonds. The van der Waals surface area contributed by atoms with Crippen molar-refractivity contribution in [2.75, 3.05) is 18.0 Å². The SMILES string of the molecule is Cc1cc(C(F)(F)F)cc(N2CCC(Cn3cc(C(C)(C)N)nn3)CC2)n1. The summed E-state index contributed by atoms with van der Waals surface area (Å²) in [6.07, 6.45) is -0.775.